The molecule has 0 saturated carbocycles. The number of rotatable bonds is 4. The number of hydrogen-bond donors (Lipinski definition) is 1. The number of hydrogen-bond acceptors (Lipinski definition) is 4. The Morgan fingerprint density at radius 1 is 1.41 bits per heavy atom. The largest absolute Gasteiger partial charge is 0.347 e. The second-order valence-corrected chi connectivity index (χ2v) is 4.39. The third-order valence-electron chi connectivity index (χ3n) is 2.11. The van der Waals surface area contributed by atoms with E-state index >= 15 is 0 Å². The summed E-state index contributed by atoms with van der Waals surface area (Å²) in [5.74, 6) is -0.438. The lowest BCUT2D eigenvalue weighted by molar-refractivity contribution is -0.127. The van der Waals surface area contributed by atoms with Crippen molar-refractivity contribution in [3.8, 4) is 0 Å². The fourth-order valence-corrected chi connectivity index (χ4v) is 1.41. The molecule has 0 aliphatic heterocycles. The molecule has 0 atom stereocenters. The van der Waals surface area contributed by atoms with Gasteiger partial charge in [-0.25, -0.2) is 4.98 Å². The van der Waals surface area contributed by atoms with Crippen LogP contribution < -0.4 is 5.32 Å². The maximum absolute atomic E-state index is 11.6. The van der Waals surface area contributed by atoms with Gasteiger partial charge in [-0.2, -0.15) is 0 Å². The lowest BCUT2D eigenvalue weighted by atomic mass is 10.3. The minimum absolute atomic E-state index is 0.00386. The van der Waals surface area contributed by atoms with Crippen molar-refractivity contribution in [3.63, 3.8) is 0 Å². The van der Waals surface area contributed by atoms with Gasteiger partial charge in [-0.05, 0) is 18.4 Å². The summed E-state index contributed by atoms with van der Waals surface area (Å²) in [4.78, 5) is 28.4. The standard InChI is InChI=1S/C11H15N3O2S/c1-14(2)10(15)7-13-11(16)8-4-5-9(17-3)12-6-8/h4-6H,7H2,1-3H3,(H,13,16). The van der Waals surface area contributed by atoms with E-state index < -0.39 is 0 Å². The SMILES string of the molecule is CSc1ccc(C(=O)NCC(=O)N(C)C)cn1. The van der Waals surface area contributed by atoms with Gasteiger partial charge >= 0.3 is 0 Å². The van der Waals surface area contributed by atoms with E-state index in [1.54, 1.807) is 26.2 Å². The summed E-state index contributed by atoms with van der Waals surface area (Å²) < 4.78 is 0. The van der Waals surface area contributed by atoms with E-state index in [9.17, 15) is 9.59 Å². The van der Waals surface area contributed by atoms with Crippen LogP contribution in [0.4, 0.5) is 0 Å². The Morgan fingerprint density at radius 2 is 2.12 bits per heavy atom. The molecule has 1 rings (SSSR count). The Labute approximate surface area is 105 Å². The van der Waals surface area contributed by atoms with Crippen molar-refractivity contribution in [1.82, 2.24) is 15.2 Å². The van der Waals surface area contributed by atoms with Gasteiger partial charge in [-0.3, -0.25) is 9.59 Å². The summed E-state index contributed by atoms with van der Waals surface area (Å²) in [7, 11) is 3.28. The van der Waals surface area contributed by atoms with Crippen LogP contribution in [-0.4, -0.2) is 48.6 Å². The molecule has 1 heterocycles. The molecule has 0 aromatic carbocycles. The highest BCUT2D eigenvalue weighted by Crippen LogP contribution is 2.10. The van der Waals surface area contributed by atoms with Crippen molar-refractivity contribution in [2.75, 3.05) is 26.9 Å². The van der Waals surface area contributed by atoms with Gasteiger partial charge in [0, 0.05) is 20.3 Å². The minimum atomic E-state index is -0.291. The number of carbonyl (C=O) groups is 2. The first-order valence-corrected chi connectivity index (χ1v) is 6.25. The van der Waals surface area contributed by atoms with Gasteiger partial charge in [0.1, 0.15) is 0 Å². The summed E-state index contributed by atoms with van der Waals surface area (Å²) in [6, 6.07) is 3.46. The highest BCUT2D eigenvalue weighted by atomic mass is 32.2. The van der Waals surface area contributed by atoms with Gasteiger partial charge in [0.25, 0.3) is 5.91 Å². The van der Waals surface area contributed by atoms with Gasteiger partial charge in [-0.15, -0.1) is 11.8 Å². The van der Waals surface area contributed by atoms with E-state index in [2.05, 4.69) is 10.3 Å². The van der Waals surface area contributed by atoms with E-state index in [1.165, 1.54) is 22.9 Å². The number of likely N-dealkylation sites (N-methyl/N-ethyl adjacent to an activating group) is 1. The van der Waals surface area contributed by atoms with Gasteiger partial charge in [0.15, 0.2) is 0 Å². The zero-order chi connectivity index (χ0) is 12.8. The number of carbonyl (C=O) groups excluding carboxylic acids is 2. The van der Waals surface area contributed by atoms with E-state index in [0.717, 1.165) is 5.03 Å². The Kier molecular flexibility index (Phi) is 4.96. The van der Waals surface area contributed by atoms with Crippen LogP contribution in [0.1, 0.15) is 10.4 Å². The lowest BCUT2D eigenvalue weighted by Gasteiger charge is -2.10. The molecular formula is C11H15N3O2S. The maximum Gasteiger partial charge on any atom is 0.253 e. The summed E-state index contributed by atoms with van der Waals surface area (Å²) in [6.07, 6.45) is 3.42. The fourth-order valence-electron chi connectivity index (χ4n) is 1.05. The number of thioether (sulfide) groups is 1. The molecular weight excluding hydrogens is 238 g/mol. The van der Waals surface area contributed by atoms with E-state index in [0.29, 0.717) is 5.56 Å². The summed E-state index contributed by atoms with van der Waals surface area (Å²) in [5, 5.41) is 3.39. The number of pyridine rings is 1. The zero-order valence-electron chi connectivity index (χ0n) is 10.1. The number of nitrogens with one attached hydrogen (secondary N) is 1. The molecule has 17 heavy (non-hydrogen) atoms. The van der Waals surface area contributed by atoms with Crippen LogP contribution in [0, 0.1) is 0 Å². The summed E-state index contributed by atoms with van der Waals surface area (Å²) >= 11 is 1.51. The van der Waals surface area contributed by atoms with Gasteiger partial charge in [-0.1, -0.05) is 0 Å². The molecule has 1 aromatic heterocycles. The highest BCUT2D eigenvalue weighted by molar-refractivity contribution is 7.98. The predicted molar refractivity (Wildman–Crippen MR) is 67.0 cm³/mol. The Hall–Kier alpha value is -1.56. The smallest absolute Gasteiger partial charge is 0.253 e. The normalized spacial score (nSPS) is 9.82. The van der Waals surface area contributed by atoms with Crippen LogP contribution in [0.3, 0.4) is 0 Å². The third-order valence-corrected chi connectivity index (χ3v) is 2.77. The predicted octanol–water partition coefficient (Wildman–Crippen LogP) is 0.621. The summed E-state index contributed by atoms with van der Waals surface area (Å²) in [6.45, 7) is -0.00386. The van der Waals surface area contributed by atoms with Crippen molar-refractivity contribution >= 4 is 23.6 Å². The topological polar surface area (TPSA) is 62.3 Å². The Bertz CT molecular complexity index is 404. The average molecular weight is 253 g/mol. The lowest BCUT2D eigenvalue weighted by Crippen LogP contribution is -2.36. The van der Waals surface area contributed by atoms with Crippen LogP contribution >= 0.6 is 11.8 Å². The molecule has 1 N–H and O–H groups in total. The molecule has 0 fully saturated rings. The maximum atomic E-state index is 11.6. The molecule has 2 amide bonds. The molecule has 0 radical (unpaired) electrons. The van der Waals surface area contributed by atoms with Crippen LogP contribution in [0.25, 0.3) is 0 Å². The quantitative estimate of drug-likeness (QED) is 0.799. The molecule has 0 saturated heterocycles. The van der Waals surface area contributed by atoms with E-state index in [4.69, 9.17) is 0 Å². The van der Waals surface area contributed by atoms with E-state index in [1.807, 2.05) is 6.26 Å². The van der Waals surface area contributed by atoms with Crippen molar-refractivity contribution in [2.45, 2.75) is 5.03 Å². The molecule has 5 nitrogen and oxygen atoms in total. The molecule has 0 aliphatic rings. The Balaban J connectivity index is 2.55. The molecule has 0 spiro atoms. The van der Waals surface area contributed by atoms with E-state index in [-0.39, 0.29) is 18.4 Å². The molecule has 0 aliphatic carbocycles. The number of amides is 2. The molecule has 0 unspecified atom stereocenters. The molecule has 0 bridgehead atoms. The highest BCUT2D eigenvalue weighted by Gasteiger charge is 2.09. The molecule has 6 heteroatoms. The van der Waals surface area contributed by atoms with Crippen LogP contribution in [0.5, 0.6) is 0 Å². The van der Waals surface area contributed by atoms with Crippen LogP contribution in [0.15, 0.2) is 23.4 Å². The monoisotopic (exact) mass is 253 g/mol. The first-order chi connectivity index (χ1) is 8.04. The van der Waals surface area contributed by atoms with Crippen LogP contribution in [-0.2, 0) is 4.79 Å². The first-order valence-electron chi connectivity index (χ1n) is 5.03. The van der Waals surface area contributed by atoms with Crippen molar-refractivity contribution in [1.29, 1.82) is 0 Å². The second kappa shape index (κ2) is 6.24. The summed E-state index contributed by atoms with van der Waals surface area (Å²) in [5.41, 5.74) is 0.453. The zero-order valence-corrected chi connectivity index (χ0v) is 10.9. The number of aromatic nitrogens is 1. The first kappa shape index (κ1) is 13.5. The van der Waals surface area contributed by atoms with Crippen molar-refractivity contribution < 1.29 is 9.59 Å². The van der Waals surface area contributed by atoms with Crippen molar-refractivity contribution in [2.24, 2.45) is 0 Å². The Morgan fingerprint density at radius 3 is 2.59 bits per heavy atom. The minimum Gasteiger partial charge on any atom is -0.347 e. The fraction of sp³-hybridized carbons (Fsp3) is 0.364. The molecule has 92 valence electrons. The van der Waals surface area contributed by atoms with Gasteiger partial charge in [0.2, 0.25) is 5.91 Å². The number of nitrogens with zero attached hydrogens (tertiary/aromatic N) is 2. The van der Waals surface area contributed by atoms with Gasteiger partial charge in [0.05, 0.1) is 17.1 Å². The second-order valence-electron chi connectivity index (χ2n) is 3.56. The van der Waals surface area contributed by atoms with Gasteiger partial charge < -0.3 is 10.2 Å². The molecule has 1 aromatic rings. The third kappa shape index (κ3) is 4.07. The van der Waals surface area contributed by atoms with Crippen molar-refractivity contribution in [3.05, 3.63) is 23.9 Å². The average Bonchev–Trinajstić information content (AvgIpc) is 2.35. The van der Waals surface area contributed by atoms with Crippen LogP contribution in [0.2, 0.25) is 0 Å².